The Bertz CT molecular complexity index is 2370. The highest BCUT2D eigenvalue weighted by Crippen LogP contribution is 2.52. The van der Waals surface area contributed by atoms with Crippen LogP contribution in [0, 0.1) is 6.92 Å². The molecule has 5 aromatic carbocycles. The summed E-state index contributed by atoms with van der Waals surface area (Å²) in [6.07, 6.45) is 2.00. The Morgan fingerprint density at radius 1 is 0.533 bits per heavy atom. The summed E-state index contributed by atoms with van der Waals surface area (Å²) in [7, 11) is 0. The predicted molar refractivity (Wildman–Crippen MR) is 188 cm³/mol. The van der Waals surface area contributed by atoms with Gasteiger partial charge in [0.25, 0.3) is 0 Å². The molecular formula is C42H35NO2. The number of hydrogen-bond donors (Lipinski definition) is 0. The minimum Gasteiger partial charge on any atom is -0.455 e. The lowest BCUT2D eigenvalue weighted by molar-refractivity contribution is 0.652. The molecule has 220 valence electrons. The average molecular weight is 586 g/mol. The van der Waals surface area contributed by atoms with Gasteiger partial charge < -0.3 is 8.83 Å². The van der Waals surface area contributed by atoms with Crippen LogP contribution in [-0.2, 0) is 0 Å². The van der Waals surface area contributed by atoms with Crippen molar-refractivity contribution in [2.75, 3.05) is 0 Å². The largest absolute Gasteiger partial charge is 0.455 e. The highest BCUT2D eigenvalue weighted by molar-refractivity contribution is 6.31. The van der Waals surface area contributed by atoms with Gasteiger partial charge in [0.2, 0.25) is 0 Å². The molecule has 0 unspecified atom stereocenters. The van der Waals surface area contributed by atoms with E-state index in [9.17, 15) is 0 Å². The second-order valence-electron chi connectivity index (χ2n) is 12.7. The van der Waals surface area contributed by atoms with Crippen molar-refractivity contribution in [1.29, 1.82) is 0 Å². The molecule has 0 spiro atoms. The molecule has 3 nitrogen and oxygen atoms in total. The molecule has 0 atom stereocenters. The first-order valence-electron chi connectivity index (χ1n) is 15.9. The van der Waals surface area contributed by atoms with Crippen molar-refractivity contribution >= 4 is 43.9 Å². The number of para-hydroxylation sites is 2. The summed E-state index contributed by atoms with van der Waals surface area (Å²) in [6.45, 7) is 11.1. The van der Waals surface area contributed by atoms with E-state index in [1.807, 2.05) is 12.3 Å². The van der Waals surface area contributed by atoms with Gasteiger partial charge in [-0.2, -0.15) is 0 Å². The molecule has 0 N–H and O–H groups in total. The third kappa shape index (κ3) is 4.22. The van der Waals surface area contributed by atoms with Crippen molar-refractivity contribution in [2.24, 2.45) is 0 Å². The average Bonchev–Trinajstić information content (AvgIpc) is 3.64. The molecular weight excluding hydrogens is 550 g/mol. The molecule has 0 saturated heterocycles. The van der Waals surface area contributed by atoms with Crippen molar-refractivity contribution in [3.63, 3.8) is 0 Å². The van der Waals surface area contributed by atoms with Gasteiger partial charge in [-0.1, -0.05) is 125 Å². The fourth-order valence-electron chi connectivity index (χ4n) is 6.97. The van der Waals surface area contributed by atoms with E-state index in [2.05, 4.69) is 132 Å². The number of benzene rings is 5. The van der Waals surface area contributed by atoms with E-state index in [1.165, 1.54) is 11.1 Å². The van der Waals surface area contributed by atoms with Crippen LogP contribution in [0.15, 0.2) is 118 Å². The van der Waals surface area contributed by atoms with Crippen molar-refractivity contribution in [3.05, 3.63) is 126 Å². The summed E-state index contributed by atoms with van der Waals surface area (Å²) in [4.78, 5) is 4.88. The summed E-state index contributed by atoms with van der Waals surface area (Å²) in [5.74, 6) is 0.617. The van der Waals surface area contributed by atoms with Crippen molar-refractivity contribution in [1.82, 2.24) is 4.98 Å². The Hall–Kier alpha value is -5.15. The second-order valence-corrected chi connectivity index (χ2v) is 12.7. The smallest absolute Gasteiger partial charge is 0.147 e. The molecule has 0 aliphatic heterocycles. The topological polar surface area (TPSA) is 39.2 Å². The van der Waals surface area contributed by atoms with Crippen LogP contribution in [-0.4, -0.2) is 4.98 Å². The lowest BCUT2D eigenvalue weighted by Gasteiger charge is -2.16. The van der Waals surface area contributed by atoms with Gasteiger partial charge in [0.15, 0.2) is 0 Å². The van der Waals surface area contributed by atoms with Gasteiger partial charge in [0.1, 0.15) is 22.3 Å². The van der Waals surface area contributed by atoms with Crippen LogP contribution in [0.3, 0.4) is 0 Å². The maximum absolute atomic E-state index is 7.09. The molecule has 0 aliphatic rings. The van der Waals surface area contributed by atoms with Crippen molar-refractivity contribution in [2.45, 2.75) is 46.5 Å². The van der Waals surface area contributed by atoms with E-state index in [-0.39, 0.29) is 0 Å². The van der Waals surface area contributed by atoms with Gasteiger partial charge in [-0.15, -0.1) is 0 Å². The molecule has 0 amide bonds. The Morgan fingerprint density at radius 3 is 1.69 bits per heavy atom. The van der Waals surface area contributed by atoms with Gasteiger partial charge in [-0.05, 0) is 52.6 Å². The van der Waals surface area contributed by atoms with E-state index in [0.29, 0.717) is 11.8 Å². The van der Waals surface area contributed by atoms with E-state index >= 15 is 0 Å². The predicted octanol–water partition coefficient (Wildman–Crippen LogP) is 12.4. The van der Waals surface area contributed by atoms with Gasteiger partial charge >= 0.3 is 0 Å². The SMILES string of the molecule is Cc1cnc(-c2ccccc2)cc1-c1c(-c2ccccc2)c2c3cccc(C(C)C)c3oc2c2c1oc1c(C(C)C)cccc12. The molecule has 0 radical (unpaired) electrons. The number of rotatable bonds is 5. The summed E-state index contributed by atoms with van der Waals surface area (Å²) in [5, 5.41) is 4.36. The van der Waals surface area contributed by atoms with Crippen LogP contribution < -0.4 is 0 Å². The van der Waals surface area contributed by atoms with Gasteiger partial charge in [0, 0.05) is 39.0 Å². The molecule has 0 bridgehead atoms. The highest BCUT2D eigenvalue weighted by atomic mass is 16.3. The van der Waals surface area contributed by atoms with E-state index < -0.39 is 0 Å². The Balaban J connectivity index is 1.65. The highest BCUT2D eigenvalue weighted by Gasteiger charge is 2.29. The van der Waals surface area contributed by atoms with Crippen LogP contribution >= 0.6 is 0 Å². The Kier molecular flexibility index (Phi) is 6.39. The first-order chi connectivity index (χ1) is 21.9. The first kappa shape index (κ1) is 27.4. The number of nitrogens with zero attached hydrogens (tertiary/aromatic N) is 1. The van der Waals surface area contributed by atoms with Crippen LogP contribution in [0.2, 0.25) is 0 Å². The molecule has 3 aromatic heterocycles. The van der Waals surface area contributed by atoms with E-state index in [4.69, 9.17) is 13.8 Å². The van der Waals surface area contributed by atoms with E-state index in [1.54, 1.807) is 0 Å². The maximum atomic E-state index is 7.09. The van der Waals surface area contributed by atoms with Crippen LogP contribution in [0.5, 0.6) is 0 Å². The third-order valence-electron chi connectivity index (χ3n) is 9.19. The summed E-state index contributed by atoms with van der Waals surface area (Å²) < 4.78 is 14.1. The number of aromatic nitrogens is 1. The number of furan rings is 2. The van der Waals surface area contributed by atoms with Gasteiger partial charge in [0.05, 0.1) is 11.1 Å². The molecule has 3 heteroatoms. The van der Waals surface area contributed by atoms with Crippen LogP contribution in [0.25, 0.3) is 77.4 Å². The first-order valence-corrected chi connectivity index (χ1v) is 15.9. The van der Waals surface area contributed by atoms with Gasteiger partial charge in [-0.25, -0.2) is 0 Å². The summed E-state index contributed by atoms with van der Waals surface area (Å²) in [5.41, 5.74) is 13.5. The maximum Gasteiger partial charge on any atom is 0.147 e. The minimum atomic E-state index is 0.303. The molecule has 8 aromatic rings. The number of aryl methyl sites for hydroxylation is 1. The van der Waals surface area contributed by atoms with E-state index in [0.717, 1.165) is 83.0 Å². The van der Waals surface area contributed by atoms with Gasteiger partial charge in [-0.3, -0.25) is 4.98 Å². The summed E-state index contributed by atoms with van der Waals surface area (Å²) >= 11 is 0. The Labute approximate surface area is 263 Å². The zero-order chi connectivity index (χ0) is 30.8. The number of fused-ring (bicyclic) bond motifs is 7. The standard InChI is InChI=1S/C42H35NO2/c1-24(2)29-18-12-20-31-36-35(28-16-10-7-11-17-28)37(33-22-34(43-23-26(33)5)27-14-8-6-9-15-27)42-38(41(36)44-39(29)31)32-21-13-19-30(25(3)4)40(32)45-42/h6-25H,1-5H3. The zero-order valence-corrected chi connectivity index (χ0v) is 26.3. The quantitative estimate of drug-likeness (QED) is 0.202. The molecule has 0 saturated carbocycles. The monoisotopic (exact) mass is 585 g/mol. The number of hydrogen-bond acceptors (Lipinski definition) is 3. The number of pyridine rings is 1. The molecule has 3 heterocycles. The molecule has 45 heavy (non-hydrogen) atoms. The summed E-state index contributed by atoms with van der Waals surface area (Å²) in [6, 6.07) is 36.4. The van der Waals surface area contributed by atoms with Crippen LogP contribution in [0.1, 0.15) is 56.2 Å². The third-order valence-corrected chi connectivity index (χ3v) is 9.19. The molecule has 0 fully saturated rings. The molecule has 0 aliphatic carbocycles. The minimum absolute atomic E-state index is 0.303. The fraction of sp³-hybridized carbons (Fsp3) is 0.167. The second kappa shape index (κ2) is 10.5. The zero-order valence-electron chi connectivity index (χ0n) is 26.3. The fourth-order valence-corrected chi connectivity index (χ4v) is 6.97. The van der Waals surface area contributed by atoms with Crippen molar-refractivity contribution in [3.8, 4) is 33.5 Å². The normalized spacial score (nSPS) is 12.1. The Morgan fingerprint density at radius 2 is 1.09 bits per heavy atom. The van der Waals surface area contributed by atoms with Crippen LogP contribution in [0.4, 0.5) is 0 Å². The molecule has 8 rings (SSSR count). The lowest BCUT2D eigenvalue weighted by atomic mass is 9.86. The lowest BCUT2D eigenvalue weighted by Crippen LogP contribution is -1.94. The van der Waals surface area contributed by atoms with Crippen molar-refractivity contribution < 1.29 is 8.83 Å².